The van der Waals surface area contributed by atoms with Gasteiger partial charge in [0.1, 0.15) is 11.4 Å². The Morgan fingerprint density at radius 2 is 1.67 bits per heavy atom. The number of aliphatic hydroxyl groups is 1. The molecule has 2 heterocycles. The van der Waals surface area contributed by atoms with E-state index in [1.165, 1.54) is 11.8 Å². The summed E-state index contributed by atoms with van der Waals surface area (Å²) >= 11 is 3.25. The van der Waals surface area contributed by atoms with Gasteiger partial charge in [-0.3, -0.25) is 4.79 Å². The van der Waals surface area contributed by atoms with Crippen molar-refractivity contribution < 1.29 is 23.4 Å². The Morgan fingerprint density at radius 3 is 2.27 bits per heavy atom. The number of thiophene rings is 2. The van der Waals surface area contributed by atoms with Gasteiger partial charge in [-0.05, 0) is 70.0 Å². The lowest BCUT2D eigenvalue weighted by molar-refractivity contribution is -0.188. The molecule has 0 saturated carbocycles. The average molecular weight is 451 g/mol. The van der Waals surface area contributed by atoms with Gasteiger partial charge in [0.25, 0.3) is 6.43 Å². The first-order chi connectivity index (χ1) is 14.1. The van der Waals surface area contributed by atoms with Gasteiger partial charge in [0.2, 0.25) is 0 Å². The fourth-order valence-corrected chi connectivity index (χ4v) is 5.06. The minimum Gasteiger partial charge on any atom is -0.426 e. The van der Waals surface area contributed by atoms with E-state index in [1.807, 2.05) is 19.1 Å². The number of benzene rings is 1. The maximum atomic E-state index is 13.7. The van der Waals surface area contributed by atoms with E-state index in [9.17, 15) is 18.7 Å². The number of alkyl halides is 2. The number of para-hydroxylation sites is 1. The van der Waals surface area contributed by atoms with E-state index < -0.39 is 23.4 Å². The summed E-state index contributed by atoms with van der Waals surface area (Å²) in [6, 6.07) is 16.3. The lowest BCUT2D eigenvalue weighted by atomic mass is 9.71. The summed E-state index contributed by atoms with van der Waals surface area (Å²) in [7, 11) is 0. The van der Waals surface area contributed by atoms with Gasteiger partial charge < -0.3 is 9.84 Å². The quantitative estimate of drug-likeness (QED) is 0.321. The molecule has 0 spiro atoms. The molecule has 0 radical (unpaired) electrons. The molecule has 0 saturated heterocycles. The molecule has 3 aromatic rings. The second-order valence-corrected chi connectivity index (χ2v) is 10.1. The highest BCUT2D eigenvalue weighted by atomic mass is 32.1. The molecular weight excluding hydrogens is 426 g/mol. The van der Waals surface area contributed by atoms with Crippen LogP contribution in [0.2, 0.25) is 0 Å². The number of hydrogen-bond donors (Lipinski definition) is 1. The summed E-state index contributed by atoms with van der Waals surface area (Å²) in [6.07, 6.45) is -2.70. The zero-order chi connectivity index (χ0) is 21.9. The second-order valence-electron chi connectivity index (χ2n) is 7.66. The Balaban J connectivity index is 1.81. The molecule has 1 N–H and O–H groups in total. The zero-order valence-corrected chi connectivity index (χ0v) is 18.7. The van der Waals surface area contributed by atoms with E-state index in [4.69, 9.17) is 4.74 Å². The van der Waals surface area contributed by atoms with Crippen molar-refractivity contribution in [1.29, 1.82) is 0 Å². The highest BCUT2D eigenvalue weighted by molar-refractivity contribution is 7.22. The van der Waals surface area contributed by atoms with Crippen molar-refractivity contribution in [2.75, 3.05) is 0 Å². The molecule has 3 nitrogen and oxygen atoms in total. The van der Waals surface area contributed by atoms with Gasteiger partial charge in [-0.1, -0.05) is 18.2 Å². The molecular formula is C23H24F2O3S2. The molecule has 1 aromatic carbocycles. The molecule has 2 aromatic heterocycles. The Bertz CT molecular complexity index is 995. The molecule has 0 aliphatic carbocycles. The van der Waals surface area contributed by atoms with Crippen molar-refractivity contribution in [3.8, 4) is 15.5 Å². The van der Waals surface area contributed by atoms with E-state index >= 15 is 0 Å². The predicted molar refractivity (Wildman–Crippen MR) is 118 cm³/mol. The molecule has 0 amide bonds. The van der Waals surface area contributed by atoms with Crippen LogP contribution in [0.5, 0.6) is 5.75 Å². The van der Waals surface area contributed by atoms with Crippen molar-refractivity contribution in [1.82, 2.24) is 0 Å². The van der Waals surface area contributed by atoms with E-state index in [0.29, 0.717) is 6.42 Å². The maximum absolute atomic E-state index is 13.7. The van der Waals surface area contributed by atoms with Crippen LogP contribution in [0, 0.1) is 12.3 Å². The Kier molecular flexibility index (Phi) is 6.75. The van der Waals surface area contributed by atoms with Crippen molar-refractivity contribution in [2.45, 2.75) is 45.6 Å². The molecule has 7 heteroatoms. The molecule has 30 heavy (non-hydrogen) atoms. The van der Waals surface area contributed by atoms with E-state index in [1.54, 1.807) is 53.0 Å². The summed E-state index contributed by atoms with van der Waals surface area (Å²) < 4.78 is 32.8. The third-order valence-corrected chi connectivity index (χ3v) is 7.80. The number of carbonyl (C=O) groups is 1. The van der Waals surface area contributed by atoms with Crippen LogP contribution in [0.25, 0.3) is 9.75 Å². The van der Waals surface area contributed by atoms with Crippen molar-refractivity contribution in [2.24, 2.45) is 5.41 Å². The Hall–Kier alpha value is -2.09. The second kappa shape index (κ2) is 8.96. The van der Waals surface area contributed by atoms with Gasteiger partial charge in [0.05, 0.1) is 5.41 Å². The number of ether oxygens (including phenoxy) is 1. The first kappa shape index (κ1) is 22.6. The summed E-state index contributed by atoms with van der Waals surface area (Å²) in [6.45, 7) is 4.39. The molecule has 160 valence electrons. The molecule has 3 rings (SSSR count). The largest absolute Gasteiger partial charge is 0.426 e. The molecule has 0 fully saturated rings. The zero-order valence-electron chi connectivity index (χ0n) is 17.0. The van der Waals surface area contributed by atoms with Gasteiger partial charge in [0, 0.05) is 19.5 Å². The van der Waals surface area contributed by atoms with E-state index in [-0.39, 0.29) is 12.2 Å². The number of rotatable bonds is 8. The molecule has 2 unspecified atom stereocenters. The number of esters is 1. The highest BCUT2D eigenvalue weighted by Gasteiger charge is 2.55. The first-order valence-corrected chi connectivity index (χ1v) is 11.2. The summed E-state index contributed by atoms with van der Waals surface area (Å²) in [5, 5.41) is 10.6. The molecule has 2 atom stereocenters. The fraction of sp³-hybridized carbons (Fsp3) is 0.348. The van der Waals surface area contributed by atoms with Gasteiger partial charge >= 0.3 is 5.97 Å². The maximum Gasteiger partial charge on any atom is 0.320 e. The Labute approximate surface area is 183 Å². The van der Waals surface area contributed by atoms with Crippen LogP contribution >= 0.6 is 22.7 Å². The minimum atomic E-state index is -3.10. The van der Waals surface area contributed by atoms with Crippen molar-refractivity contribution in [3.05, 3.63) is 64.4 Å². The topological polar surface area (TPSA) is 46.5 Å². The smallest absolute Gasteiger partial charge is 0.320 e. The van der Waals surface area contributed by atoms with Gasteiger partial charge in [-0.25, -0.2) is 8.78 Å². The lowest BCUT2D eigenvalue weighted by Crippen LogP contribution is -2.55. The molecule has 0 bridgehead atoms. The van der Waals surface area contributed by atoms with E-state index in [0.717, 1.165) is 21.6 Å². The summed E-state index contributed by atoms with van der Waals surface area (Å²) in [4.78, 5) is 17.3. The third-order valence-electron chi connectivity index (χ3n) is 5.46. The SMILES string of the molecule is Cc1ccc(-c2ccc(CCC(C)(C(=O)Oc3ccccc3)C(C)(O)C(F)F)s2)s1. The summed E-state index contributed by atoms with van der Waals surface area (Å²) in [5.74, 6) is -0.616. The lowest BCUT2D eigenvalue weighted by Gasteiger charge is -2.39. The molecule has 0 aliphatic heterocycles. The van der Waals surface area contributed by atoms with E-state index in [2.05, 4.69) is 12.1 Å². The van der Waals surface area contributed by atoms with Crippen molar-refractivity contribution in [3.63, 3.8) is 0 Å². The average Bonchev–Trinajstić information content (AvgIpc) is 3.35. The van der Waals surface area contributed by atoms with Gasteiger partial charge in [-0.2, -0.15) is 0 Å². The Morgan fingerprint density at radius 1 is 1.03 bits per heavy atom. The van der Waals surface area contributed by atoms with Crippen LogP contribution in [0.3, 0.4) is 0 Å². The van der Waals surface area contributed by atoms with Crippen LogP contribution in [-0.2, 0) is 11.2 Å². The number of hydrogen-bond acceptors (Lipinski definition) is 5. The monoisotopic (exact) mass is 450 g/mol. The van der Waals surface area contributed by atoms with Crippen LogP contribution in [-0.4, -0.2) is 23.1 Å². The van der Waals surface area contributed by atoms with Crippen LogP contribution in [0.1, 0.15) is 30.0 Å². The number of carbonyl (C=O) groups excluding carboxylic acids is 1. The van der Waals surface area contributed by atoms with Crippen LogP contribution in [0.15, 0.2) is 54.6 Å². The van der Waals surface area contributed by atoms with Gasteiger partial charge in [0.15, 0.2) is 0 Å². The van der Waals surface area contributed by atoms with Crippen LogP contribution in [0.4, 0.5) is 8.78 Å². The number of aryl methyl sites for hydroxylation is 2. The first-order valence-electron chi connectivity index (χ1n) is 9.57. The summed E-state index contributed by atoms with van der Waals surface area (Å²) in [5.41, 5.74) is -4.33. The fourth-order valence-electron chi connectivity index (χ4n) is 3.10. The molecule has 0 aliphatic rings. The van der Waals surface area contributed by atoms with Crippen molar-refractivity contribution >= 4 is 28.6 Å². The minimum absolute atomic E-state index is 0.0272. The van der Waals surface area contributed by atoms with Crippen LogP contribution < -0.4 is 4.74 Å². The number of halogens is 2. The normalized spacial score (nSPS) is 15.6. The standard InChI is InChI=1S/C23H24F2O3S2/c1-15-9-11-18(29-15)19-12-10-17(30-19)13-14-22(2,23(3,27)20(24)25)21(26)28-16-7-5-4-6-8-16/h4-12,20,27H,13-14H2,1-3H3. The third kappa shape index (κ3) is 4.63. The predicted octanol–water partition coefficient (Wildman–Crippen LogP) is 6.35. The van der Waals surface area contributed by atoms with Gasteiger partial charge in [-0.15, -0.1) is 22.7 Å². The highest BCUT2D eigenvalue weighted by Crippen LogP contribution is 2.42.